The van der Waals surface area contributed by atoms with Crippen molar-refractivity contribution in [3.8, 4) is 11.3 Å². The van der Waals surface area contributed by atoms with Crippen LogP contribution in [0.3, 0.4) is 0 Å². The van der Waals surface area contributed by atoms with E-state index in [0.717, 1.165) is 22.1 Å². The fourth-order valence-electron chi connectivity index (χ4n) is 1.97. The highest BCUT2D eigenvalue weighted by Crippen LogP contribution is 2.33. The largest absolute Gasteiger partial charge is 0.464 e. The first-order chi connectivity index (χ1) is 9.83. The molecule has 0 saturated carbocycles. The van der Waals surface area contributed by atoms with Crippen molar-refractivity contribution in [3.05, 3.63) is 77.5 Å². The van der Waals surface area contributed by atoms with Gasteiger partial charge in [-0.1, -0.05) is 41.9 Å². The average Bonchev–Trinajstić information content (AvgIpc) is 3.01. The lowest BCUT2D eigenvalue weighted by molar-refractivity contribution is 0.581. The highest BCUT2D eigenvalue weighted by Gasteiger charge is 2.07. The summed E-state index contributed by atoms with van der Waals surface area (Å²) in [4.78, 5) is 1.22. The SMILES string of the molecule is Clc1ccc(CSc2ccccc2-c2ccco2)cc1. The summed E-state index contributed by atoms with van der Waals surface area (Å²) in [7, 11) is 0. The van der Waals surface area contributed by atoms with E-state index in [-0.39, 0.29) is 0 Å². The zero-order valence-electron chi connectivity index (χ0n) is 10.8. The third-order valence-corrected chi connectivity index (χ3v) is 4.38. The summed E-state index contributed by atoms with van der Waals surface area (Å²) < 4.78 is 5.50. The lowest BCUT2D eigenvalue weighted by atomic mass is 10.2. The van der Waals surface area contributed by atoms with Crippen LogP contribution in [0.5, 0.6) is 0 Å². The molecule has 0 N–H and O–H groups in total. The molecule has 0 unspecified atom stereocenters. The summed E-state index contributed by atoms with van der Waals surface area (Å²) in [6.07, 6.45) is 1.70. The second-order valence-corrected chi connectivity index (χ2v) is 5.84. The van der Waals surface area contributed by atoms with E-state index in [2.05, 4.69) is 30.3 Å². The molecule has 3 heteroatoms. The predicted octanol–water partition coefficient (Wildman–Crippen LogP) is 5.89. The number of halogens is 1. The number of furan rings is 1. The van der Waals surface area contributed by atoms with Gasteiger partial charge in [-0.3, -0.25) is 0 Å². The van der Waals surface area contributed by atoms with Gasteiger partial charge in [-0.05, 0) is 35.9 Å². The van der Waals surface area contributed by atoms with Gasteiger partial charge in [0.05, 0.1) is 6.26 Å². The fraction of sp³-hybridized carbons (Fsp3) is 0.0588. The minimum Gasteiger partial charge on any atom is -0.464 e. The van der Waals surface area contributed by atoms with Gasteiger partial charge >= 0.3 is 0 Å². The van der Waals surface area contributed by atoms with Crippen LogP contribution in [0.4, 0.5) is 0 Å². The van der Waals surface area contributed by atoms with Crippen LogP contribution in [-0.4, -0.2) is 0 Å². The molecule has 1 heterocycles. The molecule has 0 fully saturated rings. The van der Waals surface area contributed by atoms with Gasteiger partial charge in [0, 0.05) is 21.2 Å². The number of hydrogen-bond acceptors (Lipinski definition) is 2. The lowest BCUT2D eigenvalue weighted by Gasteiger charge is -2.07. The molecule has 0 saturated heterocycles. The van der Waals surface area contributed by atoms with Gasteiger partial charge in [-0.25, -0.2) is 0 Å². The quantitative estimate of drug-likeness (QED) is 0.557. The molecule has 0 atom stereocenters. The van der Waals surface area contributed by atoms with Gasteiger partial charge in [0.2, 0.25) is 0 Å². The Bertz CT molecular complexity index is 674. The summed E-state index contributed by atoms with van der Waals surface area (Å²) >= 11 is 7.70. The van der Waals surface area contributed by atoms with Crippen molar-refractivity contribution in [3.63, 3.8) is 0 Å². The van der Waals surface area contributed by atoms with Crippen molar-refractivity contribution in [2.75, 3.05) is 0 Å². The molecule has 3 rings (SSSR count). The summed E-state index contributed by atoms with van der Waals surface area (Å²) in [5.41, 5.74) is 2.39. The summed E-state index contributed by atoms with van der Waals surface area (Å²) in [5.74, 6) is 1.82. The molecule has 20 heavy (non-hydrogen) atoms. The van der Waals surface area contributed by atoms with Crippen LogP contribution in [0, 0.1) is 0 Å². The smallest absolute Gasteiger partial charge is 0.134 e. The van der Waals surface area contributed by atoms with Gasteiger partial charge in [0.1, 0.15) is 5.76 Å². The van der Waals surface area contributed by atoms with Gasteiger partial charge in [0.25, 0.3) is 0 Å². The first kappa shape index (κ1) is 13.3. The summed E-state index contributed by atoms with van der Waals surface area (Å²) in [5, 5.41) is 0.773. The highest BCUT2D eigenvalue weighted by atomic mass is 35.5. The Labute approximate surface area is 127 Å². The van der Waals surface area contributed by atoms with E-state index in [1.165, 1.54) is 10.5 Å². The van der Waals surface area contributed by atoms with Crippen molar-refractivity contribution in [2.24, 2.45) is 0 Å². The molecule has 1 aromatic heterocycles. The second-order valence-electron chi connectivity index (χ2n) is 4.39. The van der Waals surface area contributed by atoms with Crippen molar-refractivity contribution in [1.82, 2.24) is 0 Å². The standard InChI is InChI=1S/C17H13ClOS/c18-14-9-7-13(8-10-14)12-20-17-6-2-1-4-15(17)16-5-3-11-19-16/h1-11H,12H2. The summed E-state index contributed by atoms with van der Waals surface area (Å²) in [6, 6.07) is 20.2. The van der Waals surface area contributed by atoms with Crippen LogP contribution in [-0.2, 0) is 5.75 Å². The molecular formula is C17H13ClOS. The van der Waals surface area contributed by atoms with Crippen molar-refractivity contribution in [2.45, 2.75) is 10.6 Å². The molecule has 0 radical (unpaired) electrons. The van der Waals surface area contributed by atoms with E-state index < -0.39 is 0 Å². The Morgan fingerprint density at radius 1 is 0.900 bits per heavy atom. The number of hydrogen-bond donors (Lipinski definition) is 0. The number of rotatable bonds is 4. The van der Waals surface area contributed by atoms with Gasteiger partial charge in [-0.2, -0.15) is 0 Å². The van der Waals surface area contributed by atoms with Gasteiger partial charge in [0.15, 0.2) is 0 Å². The fourth-order valence-corrected chi connectivity index (χ4v) is 3.11. The molecule has 100 valence electrons. The Hall–Kier alpha value is -1.64. The minimum absolute atomic E-state index is 0.773. The summed E-state index contributed by atoms with van der Waals surface area (Å²) in [6.45, 7) is 0. The molecule has 3 aromatic rings. The minimum atomic E-state index is 0.773. The van der Waals surface area contributed by atoms with Crippen LogP contribution >= 0.6 is 23.4 Å². The molecule has 0 bridgehead atoms. The number of thioether (sulfide) groups is 1. The van der Waals surface area contributed by atoms with Crippen LogP contribution in [0.25, 0.3) is 11.3 Å². The highest BCUT2D eigenvalue weighted by molar-refractivity contribution is 7.98. The van der Waals surface area contributed by atoms with Crippen LogP contribution < -0.4 is 0 Å². The lowest BCUT2D eigenvalue weighted by Crippen LogP contribution is -1.83. The molecule has 0 amide bonds. The topological polar surface area (TPSA) is 13.1 Å². The van der Waals surface area contributed by atoms with E-state index in [1.54, 1.807) is 18.0 Å². The molecule has 1 nitrogen and oxygen atoms in total. The second kappa shape index (κ2) is 6.21. The van der Waals surface area contributed by atoms with Crippen molar-refractivity contribution < 1.29 is 4.42 Å². The van der Waals surface area contributed by atoms with E-state index in [9.17, 15) is 0 Å². The third kappa shape index (κ3) is 3.09. The Kier molecular flexibility index (Phi) is 4.14. The zero-order chi connectivity index (χ0) is 13.8. The van der Waals surface area contributed by atoms with E-state index >= 15 is 0 Å². The Morgan fingerprint density at radius 2 is 1.70 bits per heavy atom. The van der Waals surface area contributed by atoms with Gasteiger partial charge in [-0.15, -0.1) is 11.8 Å². The van der Waals surface area contributed by atoms with Crippen LogP contribution in [0.2, 0.25) is 5.02 Å². The molecule has 2 aromatic carbocycles. The Morgan fingerprint density at radius 3 is 2.45 bits per heavy atom. The van der Waals surface area contributed by atoms with Gasteiger partial charge < -0.3 is 4.42 Å². The maximum atomic E-state index is 5.90. The van der Waals surface area contributed by atoms with Crippen LogP contribution in [0.15, 0.2) is 76.2 Å². The monoisotopic (exact) mass is 300 g/mol. The van der Waals surface area contributed by atoms with Crippen LogP contribution in [0.1, 0.15) is 5.56 Å². The normalized spacial score (nSPS) is 10.7. The Balaban J connectivity index is 1.79. The maximum Gasteiger partial charge on any atom is 0.134 e. The van der Waals surface area contributed by atoms with E-state index in [1.807, 2.05) is 30.3 Å². The first-order valence-electron chi connectivity index (χ1n) is 6.33. The molecule has 0 aliphatic carbocycles. The molecular weight excluding hydrogens is 288 g/mol. The zero-order valence-corrected chi connectivity index (χ0v) is 12.3. The molecule has 0 aliphatic rings. The van der Waals surface area contributed by atoms with Crippen molar-refractivity contribution in [1.29, 1.82) is 0 Å². The third-order valence-electron chi connectivity index (χ3n) is 2.98. The number of benzene rings is 2. The molecule has 0 aliphatic heterocycles. The molecule has 0 spiro atoms. The maximum absolute atomic E-state index is 5.90. The van der Waals surface area contributed by atoms with E-state index in [4.69, 9.17) is 16.0 Å². The predicted molar refractivity (Wildman–Crippen MR) is 85.2 cm³/mol. The van der Waals surface area contributed by atoms with E-state index in [0.29, 0.717) is 0 Å². The average molecular weight is 301 g/mol. The van der Waals surface area contributed by atoms with Crippen molar-refractivity contribution >= 4 is 23.4 Å². The first-order valence-corrected chi connectivity index (χ1v) is 7.69.